The van der Waals surface area contributed by atoms with Gasteiger partial charge in [-0.1, -0.05) is 188 Å². The lowest BCUT2D eigenvalue weighted by Gasteiger charge is -2.30. The molecular formula is C54H37N. The molecule has 0 saturated carbocycles. The van der Waals surface area contributed by atoms with Crippen molar-refractivity contribution in [3.05, 3.63) is 224 Å². The van der Waals surface area contributed by atoms with Gasteiger partial charge < -0.3 is 4.90 Å². The Morgan fingerprint density at radius 3 is 1.35 bits per heavy atom. The van der Waals surface area contributed by atoms with Crippen LogP contribution in [0.3, 0.4) is 0 Å². The van der Waals surface area contributed by atoms with E-state index in [2.05, 4.69) is 229 Å². The quantitative estimate of drug-likeness (QED) is 0.150. The molecule has 0 aromatic heterocycles. The summed E-state index contributed by atoms with van der Waals surface area (Å²) in [4.78, 5) is 2.44. The minimum atomic E-state index is 1.09. The highest BCUT2D eigenvalue weighted by Gasteiger charge is 2.23. The van der Waals surface area contributed by atoms with Crippen LogP contribution < -0.4 is 4.90 Å². The third-order valence-corrected chi connectivity index (χ3v) is 10.9. The molecule has 0 amide bonds. The number of anilines is 3. The Hall–Kier alpha value is -7.22. The average Bonchev–Trinajstić information content (AvgIpc) is 3.27. The van der Waals surface area contributed by atoms with Gasteiger partial charge in [0.25, 0.3) is 0 Å². The van der Waals surface area contributed by atoms with Gasteiger partial charge in [-0.2, -0.15) is 0 Å². The van der Waals surface area contributed by atoms with Gasteiger partial charge in [-0.25, -0.2) is 0 Å². The molecule has 0 fully saturated rings. The molecule has 0 atom stereocenters. The van der Waals surface area contributed by atoms with Crippen molar-refractivity contribution in [1.29, 1.82) is 0 Å². The predicted octanol–water partition coefficient (Wildman–Crippen LogP) is 15.3. The zero-order valence-electron chi connectivity index (χ0n) is 30.3. The molecule has 1 nitrogen and oxygen atoms in total. The fourth-order valence-electron chi connectivity index (χ4n) is 8.25. The number of rotatable bonds is 7. The summed E-state index contributed by atoms with van der Waals surface area (Å²) in [6, 6.07) is 81.6. The Bertz CT molecular complexity index is 2860. The molecule has 0 unspecified atom stereocenters. The third-order valence-electron chi connectivity index (χ3n) is 10.9. The van der Waals surface area contributed by atoms with Gasteiger partial charge in [0.05, 0.1) is 5.69 Å². The van der Waals surface area contributed by atoms with Gasteiger partial charge in [0.2, 0.25) is 0 Å². The van der Waals surface area contributed by atoms with Gasteiger partial charge in [0, 0.05) is 16.9 Å². The van der Waals surface area contributed by atoms with Gasteiger partial charge in [0.15, 0.2) is 0 Å². The maximum atomic E-state index is 2.44. The number of fused-ring (bicyclic) bond motifs is 4. The standard InChI is InChI=1S/C54H37N/c1-3-15-38(16-4-1)40-29-33-44(34-30-40)55(45-35-31-41(32-36-45)39-17-5-2-6-18-39)53-28-14-27-51(54(53)50-26-13-21-42-19-7-9-22-46(42)50)52-37-43-20-8-10-23-47(43)48-24-11-12-25-49(48)52/h1-37H. The maximum Gasteiger partial charge on any atom is 0.0546 e. The van der Waals surface area contributed by atoms with Gasteiger partial charge in [-0.05, 0) is 108 Å². The monoisotopic (exact) mass is 699 g/mol. The number of hydrogen-bond acceptors (Lipinski definition) is 1. The molecule has 10 aromatic rings. The molecule has 0 saturated heterocycles. The highest BCUT2D eigenvalue weighted by Crippen LogP contribution is 2.49. The van der Waals surface area contributed by atoms with Crippen LogP contribution in [0.25, 0.3) is 76.8 Å². The summed E-state index contributed by atoms with van der Waals surface area (Å²) < 4.78 is 0. The summed E-state index contributed by atoms with van der Waals surface area (Å²) in [5.74, 6) is 0. The molecule has 0 aliphatic heterocycles. The molecule has 0 radical (unpaired) electrons. The van der Waals surface area contributed by atoms with Crippen molar-refractivity contribution in [2.45, 2.75) is 0 Å². The molecule has 1 heteroatoms. The smallest absolute Gasteiger partial charge is 0.0546 e. The molecule has 0 spiro atoms. The van der Waals surface area contributed by atoms with Crippen LogP contribution >= 0.6 is 0 Å². The molecule has 0 N–H and O–H groups in total. The zero-order chi connectivity index (χ0) is 36.6. The Morgan fingerprint density at radius 2 is 0.709 bits per heavy atom. The van der Waals surface area contributed by atoms with Crippen LogP contribution in [-0.2, 0) is 0 Å². The summed E-state index contributed by atoms with van der Waals surface area (Å²) in [5, 5.41) is 7.44. The molecule has 55 heavy (non-hydrogen) atoms. The van der Waals surface area contributed by atoms with Crippen LogP contribution in [0.15, 0.2) is 224 Å². The third kappa shape index (κ3) is 5.93. The van der Waals surface area contributed by atoms with Crippen molar-refractivity contribution in [2.24, 2.45) is 0 Å². The van der Waals surface area contributed by atoms with E-state index in [0.717, 1.165) is 17.1 Å². The molecule has 0 bridgehead atoms. The fraction of sp³-hybridized carbons (Fsp3) is 0. The SMILES string of the molecule is c1ccc(-c2ccc(N(c3ccc(-c4ccccc4)cc3)c3cccc(-c4cc5ccccc5c5ccccc45)c3-c3cccc4ccccc34)cc2)cc1. The highest BCUT2D eigenvalue weighted by atomic mass is 15.1. The first kappa shape index (κ1) is 32.4. The normalized spacial score (nSPS) is 11.3. The van der Waals surface area contributed by atoms with Crippen molar-refractivity contribution >= 4 is 49.4 Å². The maximum absolute atomic E-state index is 2.44. The fourth-order valence-corrected chi connectivity index (χ4v) is 8.25. The lowest BCUT2D eigenvalue weighted by atomic mass is 9.86. The molecular weight excluding hydrogens is 663 g/mol. The topological polar surface area (TPSA) is 3.24 Å². The van der Waals surface area contributed by atoms with Crippen molar-refractivity contribution in [1.82, 2.24) is 0 Å². The molecule has 258 valence electrons. The second kappa shape index (κ2) is 14.0. The van der Waals surface area contributed by atoms with E-state index in [0.29, 0.717) is 0 Å². The largest absolute Gasteiger partial charge is 0.310 e. The second-order valence-corrected chi connectivity index (χ2v) is 14.1. The minimum absolute atomic E-state index is 1.09. The second-order valence-electron chi connectivity index (χ2n) is 14.1. The molecule has 10 aromatic carbocycles. The lowest BCUT2D eigenvalue weighted by molar-refractivity contribution is 1.28. The van der Waals surface area contributed by atoms with Crippen molar-refractivity contribution in [3.63, 3.8) is 0 Å². The molecule has 0 aliphatic rings. The van der Waals surface area contributed by atoms with E-state index < -0.39 is 0 Å². The first-order valence-corrected chi connectivity index (χ1v) is 18.9. The van der Waals surface area contributed by atoms with Gasteiger partial charge in [-0.15, -0.1) is 0 Å². The van der Waals surface area contributed by atoms with E-state index in [4.69, 9.17) is 0 Å². The predicted molar refractivity (Wildman–Crippen MR) is 235 cm³/mol. The Morgan fingerprint density at radius 1 is 0.255 bits per heavy atom. The Labute approximate surface area is 322 Å². The van der Waals surface area contributed by atoms with E-state index >= 15 is 0 Å². The van der Waals surface area contributed by atoms with Crippen molar-refractivity contribution in [3.8, 4) is 44.5 Å². The number of hydrogen-bond donors (Lipinski definition) is 0. The first-order valence-electron chi connectivity index (χ1n) is 18.9. The van der Waals surface area contributed by atoms with Crippen LogP contribution in [0.5, 0.6) is 0 Å². The van der Waals surface area contributed by atoms with E-state index in [1.165, 1.54) is 76.8 Å². The van der Waals surface area contributed by atoms with Crippen LogP contribution in [-0.4, -0.2) is 0 Å². The highest BCUT2D eigenvalue weighted by molar-refractivity contribution is 6.16. The van der Waals surface area contributed by atoms with Crippen LogP contribution in [0, 0.1) is 0 Å². The van der Waals surface area contributed by atoms with E-state index in [9.17, 15) is 0 Å². The van der Waals surface area contributed by atoms with Gasteiger partial charge in [0.1, 0.15) is 0 Å². The minimum Gasteiger partial charge on any atom is -0.310 e. The summed E-state index contributed by atoms with van der Waals surface area (Å²) in [5.41, 5.74) is 12.9. The summed E-state index contributed by atoms with van der Waals surface area (Å²) in [6.07, 6.45) is 0. The molecule has 10 rings (SSSR count). The van der Waals surface area contributed by atoms with Crippen LogP contribution in [0.1, 0.15) is 0 Å². The van der Waals surface area contributed by atoms with Gasteiger partial charge in [-0.3, -0.25) is 0 Å². The Balaban J connectivity index is 1.26. The van der Waals surface area contributed by atoms with Crippen LogP contribution in [0.4, 0.5) is 17.1 Å². The lowest BCUT2D eigenvalue weighted by Crippen LogP contribution is -2.12. The molecule has 0 heterocycles. The Kier molecular flexibility index (Phi) is 8.24. The molecule has 0 aliphatic carbocycles. The van der Waals surface area contributed by atoms with Gasteiger partial charge >= 0.3 is 0 Å². The summed E-state index contributed by atoms with van der Waals surface area (Å²) >= 11 is 0. The summed E-state index contributed by atoms with van der Waals surface area (Å²) in [6.45, 7) is 0. The van der Waals surface area contributed by atoms with E-state index in [1.807, 2.05) is 0 Å². The zero-order valence-corrected chi connectivity index (χ0v) is 30.3. The average molecular weight is 700 g/mol. The first-order chi connectivity index (χ1) is 27.3. The van der Waals surface area contributed by atoms with Crippen LogP contribution in [0.2, 0.25) is 0 Å². The summed E-state index contributed by atoms with van der Waals surface area (Å²) in [7, 11) is 0. The van der Waals surface area contributed by atoms with E-state index in [1.54, 1.807) is 0 Å². The van der Waals surface area contributed by atoms with Crippen molar-refractivity contribution < 1.29 is 0 Å². The van der Waals surface area contributed by atoms with Crippen molar-refractivity contribution in [2.75, 3.05) is 4.90 Å². The number of benzene rings is 10. The number of nitrogens with zero attached hydrogens (tertiary/aromatic N) is 1. The van der Waals surface area contributed by atoms with E-state index in [-0.39, 0.29) is 0 Å².